The second kappa shape index (κ2) is 7.67. The number of furan rings is 1. The Labute approximate surface area is 143 Å². The van der Waals surface area contributed by atoms with Crippen LogP contribution in [-0.4, -0.2) is 23.9 Å². The lowest BCUT2D eigenvalue weighted by molar-refractivity contribution is 0.0923. The van der Waals surface area contributed by atoms with Gasteiger partial charge in [-0.05, 0) is 41.5 Å². The molecule has 1 aliphatic heterocycles. The summed E-state index contributed by atoms with van der Waals surface area (Å²) in [6.45, 7) is 8.43. The summed E-state index contributed by atoms with van der Waals surface area (Å²) in [5.74, 6) is 1.68. The number of amides is 1. The Kier molecular flexibility index (Phi) is 5.36. The number of rotatable bonds is 5. The van der Waals surface area contributed by atoms with Gasteiger partial charge in [0, 0.05) is 26.2 Å². The SMILES string of the molecule is C[C@@H]1C[C@@H](C)CN(Cc2ccccc2CNC(=O)c2ccco2)C1. The second-order valence-corrected chi connectivity index (χ2v) is 7.07. The fourth-order valence-corrected chi connectivity index (χ4v) is 3.72. The molecule has 4 nitrogen and oxygen atoms in total. The van der Waals surface area contributed by atoms with Gasteiger partial charge in [0.2, 0.25) is 0 Å². The second-order valence-electron chi connectivity index (χ2n) is 7.07. The van der Waals surface area contributed by atoms with Crippen LogP contribution >= 0.6 is 0 Å². The highest BCUT2D eigenvalue weighted by Gasteiger charge is 2.22. The highest BCUT2D eigenvalue weighted by Crippen LogP contribution is 2.23. The topological polar surface area (TPSA) is 45.5 Å². The first-order valence-electron chi connectivity index (χ1n) is 8.72. The summed E-state index contributed by atoms with van der Waals surface area (Å²) in [5, 5.41) is 2.95. The molecule has 0 aliphatic carbocycles. The number of nitrogens with one attached hydrogen (secondary N) is 1. The predicted molar refractivity (Wildman–Crippen MR) is 94.5 cm³/mol. The van der Waals surface area contributed by atoms with Crippen LogP contribution in [0.1, 0.15) is 41.9 Å². The molecule has 2 heterocycles. The molecule has 0 bridgehead atoms. The molecule has 0 saturated carbocycles. The average Bonchev–Trinajstić information content (AvgIpc) is 3.07. The minimum absolute atomic E-state index is 0.171. The first kappa shape index (κ1) is 16.8. The zero-order valence-electron chi connectivity index (χ0n) is 14.5. The van der Waals surface area contributed by atoms with Crippen molar-refractivity contribution in [3.63, 3.8) is 0 Å². The molecule has 0 spiro atoms. The average molecular weight is 326 g/mol. The summed E-state index contributed by atoms with van der Waals surface area (Å²) in [6, 6.07) is 11.8. The Morgan fingerprint density at radius 1 is 1.12 bits per heavy atom. The zero-order valence-corrected chi connectivity index (χ0v) is 14.5. The van der Waals surface area contributed by atoms with Crippen molar-refractivity contribution in [3.8, 4) is 0 Å². The van der Waals surface area contributed by atoms with Gasteiger partial charge >= 0.3 is 0 Å². The van der Waals surface area contributed by atoms with Crippen molar-refractivity contribution >= 4 is 5.91 Å². The maximum absolute atomic E-state index is 12.1. The zero-order chi connectivity index (χ0) is 16.9. The molecule has 24 heavy (non-hydrogen) atoms. The van der Waals surface area contributed by atoms with Crippen LogP contribution in [0.2, 0.25) is 0 Å². The number of carbonyl (C=O) groups excluding carboxylic acids is 1. The van der Waals surface area contributed by atoms with Gasteiger partial charge in [0.25, 0.3) is 5.91 Å². The minimum Gasteiger partial charge on any atom is -0.459 e. The van der Waals surface area contributed by atoms with E-state index in [9.17, 15) is 4.79 Å². The predicted octanol–water partition coefficient (Wildman–Crippen LogP) is 3.69. The molecule has 3 rings (SSSR count). The Morgan fingerprint density at radius 2 is 1.83 bits per heavy atom. The van der Waals surface area contributed by atoms with Gasteiger partial charge in [-0.1, -0.05) is 38.1 Å². The van der Waals surface area contributed by atoms with Crippen molar-refractivity contribution in [1.29, 1.82) is 0 Å². The summed E-state index contributed by atoms with van der Waals surface area (Å²) < 4.78 is 5.14. The van der Waals surface area contributed by atoms with E-state index >= 15 is 0 Å². The molecule has 1 fully saturated rings. The van der Waals surface area contributed by atoms with Crippen LogP contribution in [0.4, 0.5) is 0 Å². The number of benzene rings is 1. The quantitative estimate of drug-likeness (QED) is 0.911. The van der Waals surface area contributed by atoms with Gasteiger partial charge in [-0.25, -0.2) is 0 Å². The number of likely N-dealkylation sites (tertiary alicyclic amines) is 1. The lowest BCUT2D eigenvalue weighted by Gasteiger charge is -2.35. The lowest BCUT2D eigenvalue weighted by Crippen LogP contribution is -2.38. The Hall–Kier alpha value is -2.07. The molecule has 2 atom stereocenters. The van der Waals surface area contributed by atoms with Crippen molar-refractivity contribution in [2.75, 3.05) is 13.1 Å². The van der Waals surface area contributed by atoms with E-state index in [1.165, 1.54) is 23.8 Å². The Morgan fingerprint density at radius 3 is 2.50 bits per heavy atom. The molecular formula is C20H26N2O2. The highest BCUT2D eigenvalue weighted by molar-refractivity contribution is 5.91. The largest absolute Gasteiger partial charge is 0.459 e. The third kappa shape index (κ3) is 4.26. The first-order chi connectivity index (χ1) is 11.6. The Bertz CT molecular complexity index is 656. The van der Waals surface area contributed by atoms with Gasteiger partial charge in [0.15, 0.2) is 5.76 Å². The number of piperidine rings is 1. The third-order valence-electron chi connectivity index (χ3n) is 4.64. The molecule has 1 aliphatic rings. The van der Waals surface area contributed by atoms with Crippen molar-refractivity contribution in [2.24, 2.45) is 11.8 Å². The van der Waals surface area contributed by atoms with Crippen molar-refractivity contribution in [3.05, 3.63) is 59.5 Å². The number of hydrogen-bond donors (Lipinski definition) is 1. The molecule has 1 aromatic carbocycles. The van der Waals surface area contributed by atoms with Crippen LogP contribution in [0.3, 0.4) is 0 Å². The van der Waals surface area contributed by atoms with E-state index in [1.807, 2.05) is 6.07 Å². The van der Waals surface area contributed by atoms with E-state index in [4.69, 9.17) is 4.42 Å². The maximum Gasteiger partial charge on any atom is 0.287 e. The van der Waals surface area contributed by atoms with Crippen LogP contribution in [0.25, 0.3) is 0 Å². The van der Waals surface area contributed by atoms with Crippen molar-refractivity contribution in [2.45, 2.75) is 33.4 Å². The van der Waals surface area contributed by atoms with E-state index in [1.54, 1.807) is 12.1 Å². The Balaban J connectivity index is 1.63. The molecule has 2 aromatic rings. The summed E-state index contributed by atoms with van der Waals surface area (Å²) >= 11 is 0. The van der Waals surface area contributed by atoms with Crippen molar-refractivity contribution < 1.29 is 9.21 Å². The number of nitrogens with zero attached hydrogens (tertiary/aromatic N) is 1. The van der Waals surface area contributed by atoms with Crippen molar-refractivity contribution in [1.82, 2.24) is 10.2 Å². The van der Waals surface area contributed by atoms with E-state index in [2.05, 4.69) is 42.3 Å². The molecule has 1 aromatic heterocycles. The summed E-state index contributed by atoms with van der Waals surface area (Å²) in [7, 11) is 0. The van der Waals surface area contributed by atoms with Crippen LogP contribution in [-0.2, 0) is 13.1 Å². The van der Waals surface area contributed by atoms with Crippen LogP contribution in [0, 0.1) is 11.8 Å². The minimum atomic E-state index is -0.171. The molecule has 1 saturated heterocycles. The molecule has 0 radical (unpaired) electrons. The van der Waals surface area contributed by atoms with Crippen LogP contribution in [0.15, 0.2) is 47.1 Å². The first-order valence-corrected chi connectivity index (χ1v) is 8.72. The van der Waals surface area contributed by atoms with E-state index in [-0.39, 0.29) is 5.91 Å². The summed E-state index contributed by atoms with van der Waals surface area (Å²) in [6.07, 6.45) is 2.83. The summed E-state index contributed by atoms with van der Waals surface area (Å²) in [5.41, 5.74) is 2.46. The number of hydrogen-bond acceptors (Lipinski definition) is 3. The molecule has 4 heteroatoms. The summed E-state index contributed by atoms with van der Waals surface area (Å²) in [4.78, 5) is 14.6. The van der Waals surface area contributed by atoms with Gasteiger partial charge in [0.05, 0.1) is 6.26 Å². The van der Waals surface area contributed by atoms with E-state index in [0.29, 0.717) is 12.3 Å². The highest BCUT2D eigenvalue weighted by atomic mass is 16.3. The maximum atomic E-state index is 12.1. The smallest absolute Gasteiger partial charge is 0.287 e. The third-order valence-corrected chi connectivity index (χ3v) is 4.64. The molecule has 128 valence electrons. The fourth-order valence-electron chi connectivity index (χ4n) is 3.72. The van der Waals surface area contributed by atoms with Gasteiger partial charge < -0.3 is 9.73 Å². The fraction of sp³-hybridized carbons (Fsp3) is 0.450. The molecular weight excluding hydrogens is 300 g/mol. The molecule has 1 N–H and O–H groups in total. The normalized spacial score (nSPS) is 21.6. The number of carbonyl (C=O) groups is 1. The van der Waals surface area contributed by atoms with Gasteiger partial charge in [-0.15, -0.1) is 0 Å². The standard InChI is InChI=1S/C20H26N2O2/c1-15-10-16(2)13-22(12-15)14-18-7-4-3-6-17(18)11-21-20(23)19-8-5-9-24-19/h3-9,15-16H,10-14H2,1-2H3,(H,21,23)/t15-,16-/m1/s1. The van der Waals surface area contributed by atoms with E-state index in [0.717, 1.165) is 31.5 Å². The molecule has 0 unspecified atom stereocenters. The lowest BCUT2D eigenvalue weighted by atomic mass is 9.91. The van der Waals surface area contributed by atoms with E-state index < -0.39 is 0 Å². The van der Waals surface area contributed by atoms with Gasteiger partial charge in [-0.3, -0.25) is 9.69 Å². The monoisotopic (exact) mass is 326 g/mol. The van der Waals surface area contributed by atoms with Gasteiger partial charge in [-0.2, -0.15) is 0 Å². The van der Waals surface area contributed by atoms with Crippen LogP contribution in [0.5, 0.6) is 0 Å². The van der Waals surface area contributed by atoms with Crippen LogP contribution < -0.4 is 5.32 Å². The molecule has 1 amide bonds. The van der Waals surface area contributed by atoms with Gasteiger partial charge in [0.1, 0.15) is 0 Å².